The largest absolute Gasteiger partial charge is 0.456 e. The Morgan fingerprint density at radius 3 is 1.61 bits per heavy atom. The number of para-hydroxylation sites is 2. The molecule has 12 aromatic rings. The average molecular weight is 790 g/mol. The molecule has 0 unspecified atom stereocenters. The Balaban J connectivity index is 1.12. The van der Waals surface area contributed by atoms with Gasteiger partial charge >= 0.3 is 0 Å². The van der Waals surface area contributed by atoms with E-state index in [1.807, 2.05) is 12.1 Å². The predicted molar refractivity (Wildman–Crippen MR) is 255 cm³/mol. The van der Waals surface area contributed by atoms with Crippen LogP contribution in [0.4, 0.5) is 17.1 Å². The van der Waals surface area contributed by atoms with Crippen LogP contribution in [0.2, 0.25) is 0 Å². The third-order valence-corrected chi connectivity index (χ3v) is 13.7. The molecule has 0 aliphatic heterocycles. The van der Waals surface area contributed by atoms with Crippen LogP contribution in [0.25, 0.3) is 88.0 Å². The monoisotopic (exact) mass is 789 g/mol. The highest BCUT2D eigenvalue weighted by atomic mass is 16.3. The standard InChI is InChI=1S/C59H35NO2/c1-2-17-37(18-3-1)60(38-29-30-44-43-22-8-12-27-50(43)59(51(44)35-38)48-25-10-6-20-41(48)42-21-7-11-26-49(42)59)57-45(40-24-14-16-36-15-4-5-19-39(36)40)31-32-47-56-54(62-58(47)57)34-33-53-55(56)46-23-9-13-28-52(46)61-53/h1-35H. The summed E-state index contributed by atoms with van der Waals surface area (Å²) in [4.78, 5) is 2.44. The number of nitrogens with zero attached hydrogens (tertiary/aromatic N) is 1. The van der Waals surface area contributed by atoms with Crippen LogP contribution >= 0.6 is 0 Å². The molecule has 3 nitrogen and oxygen atoms in total. The van der Waals surface area contributed by atoms with Crippen LogP contribution in [0.1, 0.15) is 22.3 Å². The fourth-order valence-corrected chi connectivity index (χ4v) is 11.2. The van der Waals surface area contributed by atoms with Gasteiger partial charge in [-0.2, -0.15) is 0 Å². The van der Waals surface area contributed by atoms with Gasteiger partial charge < -0.3 is 13.7 Å². The van der Waals surface area contributed by atoms with E-state index in [4.69, 9.17) is 8.83 Å². The number of rotatable bonds is 4. The van der Waals surface area contributed by atoms with E-state index in [1.165, 1.54) is 55.3 Å². The molecule has 14 rings (SSSR count). The van der Waals surface area contributed by atoms with Gasteiger partial charge in [0, 0.05) is 38.5 Å². The Kier molecular flexibility index (Phi) is 6.76. The van der Waals surface area contributed by atoms with Crippen LogP contribution in [-0.4, -0.2) is 0 Å². The van der Waals surface area contributed by atoms with Crippen molar-refractivity contribution in [1.82, 2.24) is 0 Å². The van der Waals surface area contributed by atoms with Crippen molar-refractivity contribution in [3.05, 3.63) is 235 Å². The second-order valence-electron chi connectivity index (χ2n) is 16.7. The molecule has 0 bridgehead atoms. The van der Waals surface area contributed by atoms with E-state index >= 15 is 0 Å². The number of hydrogen-bond acceptors (Lipinski definition) is 3. The SMILES string of the molecule is c1ccc(N(c2ccc3c(c2)C2(c4ccccc4-c4ccccc42)c2ccccc2-3)c2c(-c3cccc4ccccc34)ccc3c2oc2ccc4oc5ccccc5c4c23)cc1. The first-order chi connectivity index (χ1) is 30.8. The summed E-state index contributed by atoms with van der Waals surface area (Å²) >= 11 is 0. The van der Waals surface area contributed by atoms with Gasteiger partial charge in [0.25, 0.3) is 0 Å². The van der Waals surface area contributed by atoms with Crippen molar-refractivity contribution in [2.45, 2.75) is 5.41 Å². The van der Waals surface area contributed by atoms with Crippen molar-refractivity contribution in [3.63, 3.8) is 0 Å². The number of hydrogen-bond donors (Lipinski definition) is 0. The quantitative estimate of drug-likeness (QED) is 0.178. The summed E-state index contributed by atoms with van der Waals surface area (Å²) in [6.45, 7) is 0. The van der Waals surface area contributed by atoms with Gasteiger partial charge in [0.15, 0.2) is 5.58 Å². The molecule has 0 saturated carbocycles. The van der Waals surface area contributed by atoms with E-state index in [1.54, 1.807) is 0 Å². The molecule has 2 aromatic heterocycles. The van der Waals surface area contributed by atoms with E-state index in [-0.39, 0.29) is 0 Å². The third-order valence-electron chi connectivity index (χ3n) is 13.7. The molecule has 0 saturated heterocycles. The highest BCUT2D eigenvalue weighted by Gasteiger charge is 2.51. The van der Waals surface area contributed by atoms with E-state index in [9.17, 15) is 0 Å². The molecule has 2 aliphatic carbocycles. The topological polar surface area (TPSA) is 29.5 Å². The smallest absolute Gasteiger partial charge is 0.160 e. The van der Waals surface area contributed by atoms with Gasteiger partial charge in [0.1, 0.15) is 16.7 Å². The second-order valence-corrected chi connectivity index (χ2v) is 16.7. The Morgan fingerprint density at radius 2 is 0.871 bits per heavy atom. The first-order valence-corrected chi connectivity index (χ1v) is 21.3. The summed E-state index contributed by atoms with van der Waals surface area (Å²) in [5, 5.41) is 6.63. The zero-order chi connectivity index (χ0) is 40.5. The molecule has 0 amide bonds. The molecule has 62 heavy (non-hydrogen) atoms. The number of fused-ring (bicyclic) bond motifs is 18. The van der Waals surface area contributed by atoms with Crippen molar-refractivity contribution in [3.8, 4) is 33.4 Å². The summed E-state index contributed by atoms with van der Waals surface area (Å²) in [7, 11) is 0. The molecule has 0 atom stereocenters. The minimum absolute atomic E-state index is 0.491. The molecule has 288 valence electrons. The summed E-state index contributed by atoms with van der Waals surface area (Å²) in [6.07, 6.45) is 0. The van der Waals surface area contributed by atoms with Crippen LogP contribution in [0, 0.1) is 0 Å². The van der Waals surface area contributed by atoms with E-state index < -0.39 is 5.41 Å². The van der Waals surface area contributed by atoms with Crippen LogP contribution in [0.15, 0.2) is 221 Å². The van der Waals surface area contributed by atoms with Gasteiger partial charge in [0.2, 0.25) is 0 Å². The summed E-state index contributed by atoms with van der Waals surface area (Å²) in [5.41, 5.74) is 18.5. The summed E-state index contributed by atoms with van der Waals surface area (Å²) < 4.78 is 13.7. The van der Waals surface area contributed by atoms with Crippen molar-refractivity contribution in [2.24, 2.45) is 0 Å². The van der Waals surface area contributed by atoms with E-state index in [0.29, 0.717) is 0 Å². The molecular formula is C59H35NO2. The van der Waals surface area contributed by atoms with Crippen molar-refractivity contribution < 1.29 is 8.83 Å². The average Bonchev–Trinajstić information content (AvgIpc) is 4.07. The maximum atomic E-state index is 7.25. The van der Waals surface area contributed by atoms with Crippen molar-refractivity contribution in [2.75, 3.05) is 4.90 Å². The molecule has 2 aliphatic rings. The van der Waals surface area contributed by atoms with Crippen LogP contribution in [-0.2, 0) is 5.41 Å². The van der Waals surface area contributed by atoms with Crippen molar-refractivity contribution in [1.29, 1.82) is 0 Å². The zero-order valence-corrected chi connectivity index (χ0v) is 33.5. The maximum absolute atomic E-state index is 7.25. The maximum Gasteiger partial charge on any atom is 0.160 e. The molecule has 3 heteroatoms. The Morgan fingerprint density at radius 1 is 0.323 bits per heavy atom. The molecule has 1 spiro atoms. The molecule has 10 aromatic carbocycles. The Bertz CT molecular complexity index is 3760. The molecular weight excluding hydrogens is 755 g/mol. The van der Waals surface area contributed by atoms with Gasteiger partial charge in [-0.3, -0.25) is 0 Å². The Labute approximate surface area is 357 Å². The Hall–Kier alpha value is -8.14. The molecule has 0 N–H and O–H groups in total. The zero-order valence-electron chi connectivity index (χ0n) is 33.5. The van der Waals surface area contributed by atoms with Crippen LogP contribution in [0.3, 0.4) is 0 Å². The van der Waals surface area contributed by atoms with Crippen LogP contribution < -0.4 is 4.90 Å². The van der Waals surface area contributed by atoms with Gasteiger partial charge in [-0.05, 0) is 109 Å². The first-order valence-electron chi connectivity index (χ1n) is 21.3. The van der Waals surface area contributed by atoms with Gasteiger partial charge in [0.05, 0.1) is 11.1 Å². The lowest BCUT2D eigenvalue weighted by Gasteiger charge is -2.32. The highest BCUT2D eigenvalue weighted by molar-refractivity contribution is 6.28. The highest BCUT2D eigenvalue weighted by Crippen LogP contribution is 2.63. The van der Waals surface area contributed by atoms with E-state index in [2.05, 4.69) is 205 Å². The predicted octanol–water partition coefficient (Wildman–Crippen LogP) is 16.1. The van der Waals surface area contributed by atoms with Gasteiger partial charge in [-0.25, -0.2) is 0 Å². The van der Waals surface area contributed by atoms with Crippen LogP contribution in [0.5, 0.6) is 0 Å². The normalized spacial score (nSPS) is 13.3. The lowest BCUT2D eigenvalue weighted by Crippen LogP contribution is -2.26. The van der Waals surface area contributed by atoms with E-state index in [0.717, 1.165) is 72.1 Å². The number of furan rings is 2. The lowest BCUT2D eigenvalue weighted by molar-refractivity contribution is 0.663. The minimum Gasteiger partial charge on any atom is -0.456 e. The summed E-state index contributed by atoms with van der Waals surface area (Å²) in [6, 6.07) is 77.3. The molecule has 0 radical (unpaired) electrons. The van der Waals surface area contributed by atoms with Gasteiger partial charge in [-0.1, -0.05) is 164 Å². The fourth-order valence-electron chi connectivity index (χ4n) is 11.2. The summed E-state index contributed by atoms with van der Waals surface area (Å²) in [5.74, 6) is 0. The number of benzene rings is 10. The molecule has 0 fully saturated rings. The first kappa shape index (κ1) is 33.7. The van der Waals surface area contributed by atoms with Crippen molar-refractivity contribution >= 4 is 71.7 Å². The molecule has 2 heterocycles. The minimum atomic E-state index is -0.491. The fraction of sp³-hybridized carbons (Fsp3) is 0.0169. The lowest BCUT2D eigenvalue weighted by atomic mass is 9.70. The van der Waals surface area contributed by atoms with Gasteiger partial charge in [-0.15, -0.1) is 0 Å². The second kappa shape index (κ2) is 12.4. The third kappa shape index (κ3) is 4.34. The number of anilines is 3.